The number of hydrogen-bond acceptors (Lipinski definition) is 5. The van der Waals surface area contributed by atoms with E-state index in [1.54, 1.807) is 12.1 Å². The van der Waals surface area contributed by atoms with Crippen molar-refractivity contribution in [2.75, 3.05) is 52.9 Å². The molecule has 0 aromatic heterocycles. The van der Waals surface area contributed by atoms with Crippen LogP contribution in [0.4, 0.5) is 8.78 Å². The number of nitrogens with one attached hydrogen (secondary N) is 2. The summed E-state index contributed by atoms with van der Waals surface area (Å²) in [6.07, 6.45) is -0.803. The SMILES string of the molecule is CCNC(=NCC(C(C)C)N1CCN(C)CC1)NCC(O)c1ccc(OC(F)F)cc1. The lowest BCUT2D eigenvalue weighted by Crippen LogP contribution is -2.52. The zero-order valence-corrected chi connectivity index (χ0v) is 19.0. The van der Waals surface area contributed by atoms with E-state index in [1.807, 2.05) is 6.92 Å². The van der Waals surface area contributed by atoms with E-state index >= 15 is 0 Å². The van der Waals surface area contributed by atoms with Crippen molar-refractivity contribution in [3.63, 3.8) is 0 Å². The van der Waals surface area contributed by atoms with Crippen molar-refractivity contribution in [2.45, 2.75) is 39.5 Å². The third kappa shape index (κ3) is 8.59. The van der Waals surface area contributed by atoms with Gasteiger partial charge < -0.3 is 25.4 Å². The Kier molecular flexibility index (Phi) is 10.4. The predicted molar refractivity (Wildman–Crippen MR) is 120 cm³/mol. The molecule has 0 spiro atoms. The topological polar surface area (TPSA) is 72.4 Å². The van der Waals surface area contributed by atoms with Crippen molar-refractivity contribution in [1.29, 1.82) is 0 Å². The smallest absolute Gasteiger partial charge is 0.387 e. The van der Waals surface area contributed by atoms with Gasteiger partial charge in [0.15, 0.2) is 5.96 Å². The molecule has 2 atom stereocenters. The summed E-state index contributed by atoms with van der Waals surface area (Å²) in [5.74, 6) is 1.20. The Labute approximate surface area is 184 Å². The third-order valence-corrected chi connectivity index (χ3v) is 5.51. The second kappa shape index (κ2) is 12.8. The summed E-state index contributed by atoms with van der Waals surface area (Å²) in [4.78, 5) is 9.62. The van der Waals surface area contributed by atoms with Crippen LogP contribution in [-0.4, -0.2) is 86.4 Å². The Morgan fingerprint density at radius 1 is 1.13 bits per heavy atom. The number of halogens is 2. The number of rotatable bonds is 10. The number of nitrogens with zero attached hydrogens (tertiary/aromatic N) is 3. The lowest BCUT2D eigenvalue weighted by Gasteiger charge is -2.39. The van der Waals surface area contributed by atoms with Crippen LogP contribution in [0.25, 0.3) is 0 Å². The van der Waals surface area contributed by atoms with Gasteiger partial charge in [0.1, 0.15) is 5.75 Å². The predicted octanol–water partition coefficient (Wildman–Crippen LogP) is 2.15. The third-order valence-electron chi connectivity index (χ3n) is 5.51. The minimum absolute atomic E-state index is 0.0671. The zero-order valence-electron chi connectivity index (χ0n) is 19.0. The fourth-order valence-electron chi connectivity index (χ4n) is 3.61. The molecule has 1 aromatic carbocycles. The molecule has 0 bridgehead atoms. The molecule has 7 nitrogen and oxygen atoms in total. The van der Waals surface area contributed by atoms with Gasteiger partial charge in [-0.1, -0.05) is 26.0 Å². The number of aliphatic hydroxyl groups excluding tert-OH is 1. The van der Waals surface area contributed by atoms with Crippen molar-refractivity contribution in [3.05, 3.63) is 29.8 Å². The summed E-state index contributed by atoms with van der Waals surface area (Å²) in [6.45, 7) is 9.44. The molecule has 3 N–H and O–H groups in total. The van der Waals surface area contributed by atoms with Crippen molar-refractivity contribution in [1.82, 2.24) is 20.4 Å². The molecule has 0 amide bonds. The van der Waals surface area contributed by atoms with E-state index in [0.717, 1.165) is 26.2 Å². The monoisotopic (exact) mass is 441 g/mol. The summed E-state index contributed by atoms with van der Waals surface area (Å²) in [5, 5.41) is 16.9. The van der Waals surface area contributed by atoms with Crippen LogP contribution < -0.4 is 15.4 Å². The highest BCUT2D eigenvalue weighted by atomic mass is 19.3. The van der Waals surface area contributed by atoms with Gasteiger partial charge in [-0.3, -0.25) is 9.89 Å². The highest BCUT2D eigenvalue weighted by Gasteiger charge is 2.24. The average Bonchev–Trinajstić information content (AvgIpc) is 2.73. The van der Waals surface area contributed by atoms with Gasteiger partial charge in [0.2, 0.25) is 0 Å². The van der Waals surface area contributed by atoms with E-state index in [1.165, 1.54) is 12.1 Å². The minimum atomic E-state index is -2.86. The summed E-state index contributed by atoms with van der Waals surface area (Å²) in [7, 11) is 2.15. The summed E-state index contributed by atoms with van der Waals surface area (Å²) in [5.41, 5.74) is 0.613. The molecule has 176 valence electrons. The number of guanidine groups is 1. The van der Waals surface area contributed by atoms with Gasteiger partial charge >= 0.3 is 6.61 Å². The standard InChI is InChI=1S/C22H37F2N5O2/c1-5-25-22(26-14-19(16(2)3)29-12-10-28(4)11-13-29)27-15-20(30)17-6-8-18(9-7-17)31-21(23)24/h6-9,16,19-21,30H,5,10-15H2,1-4H3,(H2,25,26,27). The van der Waals surface area contributed by atoms with Crippen molar-refractivity contribution in [2.24, 2.45) is 10.9 Å². The van der Waals surface area contributed by atoms with Crippen LogP contribution in [-0.2, 0) is 0 Å². The first-order chi connectivity index (χ1) is 14.8. The second-order valence-corrected chi connectivity index (χ2v) is 8.21. The second-order valence-electron chi connectivity index (χ2n) is 8.21. The molecule has 0 radical (unpaired) electrons. The molecule has 1 aliphatic rings. The maximum Gasteiger partial charge on any atom is 0.387 e. The molecule has 0 aliphatic carbocycles. The zero-order chi connectivity index (χ0) is 22.8. The molecule has 0 saturated carbocycles. The molecule has 1 aliphatic heterocycles. The van der Waals surface area contributed by atoms with E-state index in [0.29, 0.717) is 36.6 Å². The number of aliphatic imine (C=N–C) groups is 1. The normalized spacial score (nSPS) is 18.3. The quantitative estimate of drug-likeness (QED) is 0.382. The van der Waals surface area contributed by atoms with Crippen molar-refractivity contribution < 1.29 is 18.6 Å². The van der Waals surface area contributed by atoms with E-state index in [9.17, 15) is 13.9 Å². The van der Waals surface area contributed by atoms with Crippen molar-refractivity contribution in [3.8, 4) is 5.75 Å². The Morgan fingerprint density at radius 2 is 1.77 bits per heavy atom. The number of piperazine rings is 1. The van der Waals surface area contributed by atoms with Crippen LogP contribution in [0.5, 0.6) is 5.75 Å². The van der Waals surface area contributed by atoms with Gasteiger partial charge in [0.05, 0.1) is 12.6 Å². The molecular weight excluding hydrogens is 404 g/mol. The lowest BCUT2D eigenvalue weighted by molar-refractivity contribution is -0.0498. The van der Waals surface area contributed by atoms with Crippen LogP contribution in [0.3, 0.4) is 0 Å². The number of hydrogen-bond donors (Lipinski definition) is 3. The Balaban J connectivity index is 1.93. The summed E-state index contributed by atoms with van der Waals surface area (Å²) < 4.78 is 28.9. The summed E-state index contributed by atoms with van der Waals surface area (Å²) in [6, 6.07) is 6.36. The van der Waals surface area contributed by atoms with Crippen LogP contribution in [0.1, 0.15) is 32.4 Å². The minimum Gasteiger partial charge on any atom is -0.435 e. The lowest BCUT2D eigenvalue weighted by atomic mass is 10.0. The van der Waals surface area contributed by atoms with Crippen molar-refractivity contribution >= 4 is 5.96 Å². The first-order valence-corrected chi connectivity index (χ1v) is 11.0. The first kappa shape index (κ1) is 25.3. The number of benzene rings is 1. The molecule has 1 fully saturated rings. The highest BCUT2D eigenvalue weighted by Crippen LogP contribution is 2.19. The molecule has 31 heavy (non-hydrogen) atoms. The van der Waals surface area contributed by atoms with Crippen LogP contribution in [0, 0.1) is 5.92 Å². The fourth-order valence-corrected chi connectivity index (χ4v) is 3.61. The van der Waals surface area contributed by atoms with E-state index in [-0.39, 0.29) is 12.3 Å². The van der Waals surface area contributed by atoms with Gasteiger partial charge in [-0.15, -0.1) is 0 Å². The molecular formula is C22H37F2N5O2. The van der Waals surface area contributed by atoms with Crippen LogP contribution in [0.2, 0.25) is 0 Å². The Hall–Kier alpha value is -1.97. The van der Waals surface area contributed by atoms with Gasteiger partial charge in [-0.2, -0.15) is 8.78 Å². The van der Waals surface area contributed by atoms with Crippen LogP contribution >= 0.6 is 0 Å². The number of aliphatic hydroxyl groups is 1. The summed E-state index contributed by atoms with van der Waals surface area (Å²) >= 11 is 0. The molecule has 2 rings (SSSR count). The number of alkyl halides is 2. The number of ether oxygens (including phenoxy) is 1. The van der Waals surface area contributed by atoms with E-state index < -0.39 is 12.7 Å². The highest BCUT2D eigenvalue weighted by molar-refractivity contribution is 5.79. The Morgan fingerprint density at radius 3 is 2.32 bits per heavy atom. The van der Waals surface area contributed by atoms with Gasteiger partial charge in [-0.25, -0.2) is 0 Å². The largest absolute Gasteiger partial charge is 0.435 e. The molecule has 1 aromatic rings. The van der Waals surface area contributed by atoms with E-state index in [2.05, 4.69) is 46.1 Å². The fraction of sp³-hybridized carbons (Fsp3) is 0.682. The maximum absolute atomic E-state index is 12.3. The first-order valence-electron chi connectivity index (χ1n) is 11.0. The van der Waals surface area contributed by atoms with E-state index in [4.69, 9.17) is 4.99 Å². The molecule has 1 saturated heterocycles. The number of likely N-dealkylation sites (N-methyl/N-ethyl adjacent to an activating group) is 1. The molecule has 2 unspecified atom stereocenters. The van der Waals surface area contributed by atoms with Crippen LogP contribution in [0.15, 0.2) is 29.3 Å². The van der Waals surface area contributed by atoms with Gasteiger partial charge in [0.25, 0.3) is 0 Å². The average molecular weight is 442 g/mol. The maximum atomic E-state index is 12.3. The van der Waals surface area contributed by atoms with Gasteiger partial charge in [-0.05, 0) is 37.6 Å². The molecule has 1 heterocycles. The van der Waals surface area contributed by atoms with Gasteiger partial charge in [0, 0.05) is 45.3 Å². The Bertz CT molecular complexity index is 664. The molecule has 9 heteroatoms.